The lowest BCUT2D eigenvalue weighted by molar-refractivity contribution is -0.162. The quantitative estimate of drug-likeness (QED) is 0.405. The summed E-state index contributed by atoms with van der Waals surface area (Å²) in [5, 5.41) is 12.9. The van der Waals surface area contributed by atoms with Crippen LogP contribution >= 0.6 is 23.5 Å². The Morgan fingerprint density at radius 1 is 1.27 bits per heavy atom. The summed E-state index contributed by atoms with van der Waals surface area (Å²) in [6.07, 6.45) is 13.8. The van der Waals surface area contributed by atoms with E-state index in [-0.39, 0.29) is 23.6 Å². The van der Waals surface area contributed by atoms with E-state index in [0.29, 0.717) is 6.42 Å². The van der Waals surface area contributed by atoms with Gasteiger partial charge in [-0.1, -0.05) is 6.08 Å². The number of ether oxygens (including phenoxy) is 4. The van der Waals surface area contributed by atoms with E-state index in [0.717, 1.165) is 63.2 Å². The molecule has 2 fully saturated rings. The van der Waals surface area contributed by atoms with Crippen molar-refractivity contribution in [1.29, 1.82) is 0 Å². The van der Waals surface area contributed by atoms with E-state index < -0.39 is 5.60 Å². The van der Waals surface area contributed by atoms with E-state index in [1.165, 1.54) is 17.5 Å². The zero-order valence-electron chi connectivity index (χ0n) is 20.1. The number of hydrogen-bond donors (Lipinski definition) is 1. The Balaban J connectivity index is 1.48. The standard InChI is InChI=1S/C26H38O5S2/c1-28-20-14-18(8-4-6-11-29-24-9-5-7-12-30-24)25-21(16-20)22-15-19(27)17-26(22,31-25)23(33-3)10-13-32-2/h10,13-14,16,19,22-24,27H,4-9,11-12,15,17H2,1-3H3/t19?,22-,23?,24?,26+/m0/s1. The van der Waals surface area contributed by atoms with Crippen molar-refractivity contribution in [2.24, 2.45) is 0 Å². The molecule has 1 aromatic carbocycles. The van der Waals surface area contributed by atoms with Crippen molar-refractivity contribution in [1.82, 2.24) is 0 Å². The number of aryl methyl sites for hydroxylation is 1. The summed E-state index contributed by atoms with van der Waals surface area (Å²) in [5.74, 6) is 2.06. The number of aliphatic hydroxyl groups excluding tert-OH is 1. The van der Waals surface area contributed by atoms with Crippen molar-refractivity contribution in [3.8, 4) is 11.5 Å². The van der Waals surface area contributed by atoms with Gasteiger partial charge in [0.1, 0.15) is 17.1 Å². The maximum Gasteiger partial charge on any atom is 0.157 e. The molecule has 2 heterocycles. The average molecular weight is 495 g/mol. The second kappa shape index (κ2) is 11.7. The van der Waals surface area contributed by atoms with Gasteiger partial charge in [-0.15, -0.1) is 11.8 Å². The number of hydrogen-bond acceptors (Lipinski definition) is 7. The van der Waals surface area contributed by atoms with Gasteiger partial charge in [-0.25, -0.2) is 0 Å². The third-order valence-electron chi connectivity index (χ3n) is 7.13. The van der Waals surface area contributed by atoms with Gasteiger partial charge in [0, 0.05) is 31.1 Å². The predicted octanol–water partition coefficient (Wildman–Crippen LogP) is 5.54. The molecule has 1 N–H and O–H groups in total. The molecule has 0 radical (unpaired) electrons. The summed E-state index contributed by atoms with van der Waals surface area (Å²) in [6, 6.07) is 4.25. The molecule has 0 bridgehead atoms. The highest BCUT2D eigenvalue weighted by Gasteiger charge is 2.58. The molecule has 184 valence electrons. The van der Waals surface area contributed by atoms with Crippen LogP contribution in [0.2, 0.25) is 0 Å². The van der Waals surface area contributed by atoms with Crippen LogP contribution in [0.4, 0.5) is 0 Å². The van der Waals surface area contributed by atoms with Crippen molar-refractivity contribution in [2.75, 3.05) is 32.8 Å². The minimum absolute atomic E-state index is 0.0216. The van der Waals surface area contributed by atoms with E-state index in [4.69, 9.17) is 18.9 Å². The van der Waals surface area contributed by atoms with E-state index in [1.807, 2.05) is 0 Å². The first-order valence-electron chi connectivity index (χ1n) is 12.1. The van der Waals surface area contributed by atoms with E-state index in [9.17, 15) is 5.11 Å². The molecule has 0 aromatic heterocycles. The van der Waals surface area contributed by atoms with Gasteiger partial charge >= 0.3 is 0 Å². The van der Waals surface area contributed by atoms with Crippen molar-refractivity contribution in [3.63, 3.8) is 0 Å². The highest BCUT2D eigenvalue weighted by Crippen LogP contribution is 2.59. The maximum atomic E-state index is 10.6. The third kappa shape index (κ3) is 5.53. The van der Waals surface area contributed by atoms with E-state index in [1.54, 1.807) is 30.6 Å². The Bertz CT molecular complexity index is 810. The van der Waals surface area contributed by atoms with Gasteiger partial charge in [-0.05, 0) is 80.6 Å². The second-order valence-corrected chi connectivity index (χ2v) is 11.0. The molecule has 1 saturated heterocycles. The lowest BCUT2D eigenvalue weighted by Crippen LogP contribution is -2.44. The van der Waals surface area contributed by atoms with Crippen molar-refractivity contribution in [3.05, 3.63) is 34.7 Å². The number of fused-ring (bicyclic) bond motifs is 3. The van der Waals surface area contributed by atoms with Crippen LogP contribution in [0.5, 0.6) is 11.5 Å². The lowest BCUT2D eigenvalue weighted by atomic mass is 9.84. The van der Waals surface area contributed by atoms with Crippen LogP contribution in [0.1, 0.15) is 62.0 Å². The van der Waals surface area contributed by atoms with Crippen molar-refractivity contribution >= 4 is 23.5 Å². The molecule has 1 saturated carbocycles. The van der Waals surface area contributed by atoms with Crippen LogP contribution in [-0.2, 0) is 15.9 Å². The lowest BCUT2D eigenvalue weighted by Gasteiger charge is -2.35. The number of benzene rings is 1. The molecule has 5 nitrogen and oxygen atoms in total. The number of methoxy groups -OCH3 is 1. The maximum absolute atomic E-state index is 10.6. The van der Waals surface area contributed by atoms with Crippen LogP contribution in [0.3, 0.4) is 0 Å². The van der Waals surface area contributed by atoms with Gasteiger partial charge in [0.15, 0.2) is 6.29 Å². The van der Waals surface area contributed by atoms with Gasteiger partial charge in [0.2, 0.25) is 0 Å². The Morgan fingerprint density at radius 2 is 2.15 bits per heavy atom. The number of unbranched alkanes of at least 4 members (excludes halogenated alkanes) is 1. The van der Waals surface area contributed by atoms with Crippen molar-refractivity contribution < 1.29 is 24.1 Å². The van der Waals surface area contributed by atoms with E-state index in [2.05, 4.69) is 36.1 Å². The van der Waals surface area contributed by atoms with Crippen LogP contribution in [-0.4, -0.2) is 61.2 Å². The molecule has 33 heavy (non-hydrogen) atoms. The first kappa shape index (κ1) is 25.2. The highest BCUT2D eigenvalue weighted by molar-refractivity contribution is 8.01. The molecule has 0 amide bonds. The Hall–Kier alpha value is -0.860. The summed E-state index contributed by atoms with van der Waals surface area (Å²) < 4.78 is 24.1. The number of thioether (sulfide) groups is 2. The first-order valence-corrected chi connectivity index (χ1v) is 14.7. The Labute approximate surface area is 207 Å². The molecule has 7 heteroatoms. The normalized spacial score (nSPS) is 29.6. The molecule has 3 aliphatic rings. The first-order chi connectivity index (χ1) is 16.1. The fourth-order valence-corrected chi connectivity index (χ4v) is 6.92. The largest absolute Gasteiger partial charge is 0.497 e. The van der Waals surface area contributed by atoms with Crippen LogP contribution < -0.4 is 9.47 Å². The molecule has 1 aromatic rings. The molecular formula is C26H38O5S2. The summed E-state index contributed by atoms with van der Waals surface area (Å²) in [6.45, 7) is 1.54. The molecule has 2 aliphatic heterocycles. The summed E-state index contributed by atoms with van der Waals surface area (Å²) in [5.41, 5.74) is 2.00. The van der Waals surface area contributed by atoms with Crippen LogP contribution in [0, 0.1) is 0 Å². The predicted molar refractivity (Wildman–Crippen MR) is 137 cm³/mol. The van der Waals surface area contributed by atoms with E-state index >= 15 is 0 Å². The van der Waals surface area contributed by atoms with Crippen LogP contribution in [0.25, 0.3) is 0 Å². The monoisotopic (exact) mass is 494 g/mol. The highest BCUT2D eigenvalue weighted by atomic mass is 32.2. The average Bonchev–Trinajstić information content (AvgIpc) is 3.32. The topological polar surface area (TPSA) is 57.2 Å². The Kier molecular flexibility index (Phi) is 8.96. The summed E-state index contributed by atoms with van der Waals surface area (Å²) >= 11 is 3.51. The summed E-state index contributed by atoms with van der Waals surface area (Å²) in [4.78, 5) is 0. The third-order valence-corrected chi connectivity index (χ3v) is 8.62. The fourth-order valence-electron chi connectivity index (χ4n) is 5.57. The molecular weight excluding hydrogens is 456 g/mol. The molecule has 0 spiro atoms. The second-order valence-electron chi connectivity index (χ2n) is 9.25. The molecule has 3 unspecified atom stereocenters. The van der Waals surface area contributed by atoms with Gasteiger partial charge < -0.3 is 24.1 Å². The molecule has 5 atom stereocenters. The zero-order chi connectivity index (χ0) is 23.3. The van der Waals surface area contributed by atoms with Crippen LogP contribution in [0.15, 0.2) is 23.6 Å². The minimum Gasteiger partial charge on any atom is -0.497 e. The van der Waals surface area contributed by atoms with Gasteiger partial charge in [-0.3, -0.25) is 0 Å². The Morgan fingerprint density at radius 3 is 2.88 bits per heavy atom. The zero-order valence-corrected chi connectivity index (χ0v) is 21.7. The SMILES string of the molecule is COc1cc(CCCCOC2CCCCO2)c2c(c1)[C@@H]1CC(O)C[C@@]1(C(C=CSC)SC)O2. The number of rotatable bonds is 11. The summed E-state index contributed by atoms with van der Waals surface area (Å²) in [7, 11) is 1.72. The van der Waals surface area contributed by atoms with Crippen molar-refractivity contribution in [2.45, 2.75) is 80.5 Å². The molecule has 4 rings (SSSR count). The minimum atomic E-state index is -0.407. The smallest absolute Gasteiger partial charge is 0.157 e. The molecule has 1 aliphatic carbocycles. The number of aliphatic hydroxyl groups is 1. The van der Waals surface area contributed by atoms with Gasteiger partial charge in [0.05, 0.1) is 18.5 Å². The van der Waals surface area contributed by atoms with Gasteiger partial charge in [-0.2, -0.15) is 11.8 Å². The van der Waals surface area contributed by atoms with Gasteiger partial charge in [0.25, 0.3) is 0 Å². The fraction of sp³-hybridized carbons (Fsp3) is 0.692.